The lowest BCUT2D eigenvalue weighted by molar-refractivity contribution is 0.820. The second kappa shape index (κ2) is 6.52. The maximum absolute atomic E-state index is 4.90. The van der Waals surface area contributed by atoms with Crippen molar-refractivity contribution in [3.8, 4) is 0 Å². The quantitative estimate of drug-likeness (QED) is 0.299. The summed E-state index contributed by atoms with van der Waals surface area (Å²) in [4.78, 5) is 4.90. The number of nitrogens with zero attached hydrogens (tertiary/aromatic N) is 1. The van der Waals surface area contributed by atoms with Gasteiger partial charge in [0.1, 0.15) is 0 Å². The Morgan fingerprint density at radius 3 is 2.24 bits per heavy atom. The van der Waals surface area contributed by atoms with Crippen LogP contribution in [0.1, 0.15) is 31.0 Å². The average molecular weight is 323 g/mol. The predicted octanol–water partition coefficient (Wildman–Crippen LogP) is 6.56. The highest BCUT2D eigenvalue weighted by Gasteiger charge is 2.06. The van der Waals surface area contributed by atoms with Crippen LogP contribution in [0, 0.1) is 0 Å². The Morgan fingerprint density at radius 1 is 0.720 bits per heavy atom. The van der Waals surface area contributed by atoms with E-state index < -0.39 is 0 Å². The molecule has 0 bridgehead atoms. The molecule has 0 aliphatic carbocycles. The first-order valence-electron chi connectivity index (χ1n) is 8.73. The molecule has 4 aromatic carbocycles. The summed E-state index contributed by atoms with van der Waals surface area (Å²) in [7, 11) is 0. The van der Waals surface area contributed by atoms with E-state index >= 15 is 0 Å². The van der Waals surface area contributed by atoms with Gasteiger partial charge in [-0.1, -0.05) is 78.9 Å². The normalized spacial score (nSPS) is 13.3. The minimum Gasteiger partial charge on any atom is -0.282 e. The first-order chi connectivity index (χ1) is 12.2. The van der Waals surface area contributed by atoms with Gasteiger partial charge in [0.05, 0.1) is 6.04 Å². The SMILES string of the molecule is CC(=N[C@H](C)c1ccccc1)c1ccc2c(ccc3ccccc32)c1. The predicted molar refractivity (Wildman–Crippen MR) is 109 cm³/mol. The van der Waals surface area contributed by atoms with Crippen LogP contribution >= 0.6 is 0 Å². The number of hydrogen-bond donors (Lipinski definition) is 0. The van der Waals surface area contributed by atoms with Gasteiger partial charge in [-0.05, 0) is 52.6 Å². The maximum atomic E-state index is 4.90. The lowest BCUT2D eigenvalue weighted by atomic mass is 9.99. The second-order valence-electron chi connectivity index (χ2n) is 6.52. The van der Waals surface area contributed by atoms with Crippen molar-refractivity contribution >= 4 is 27.3 Å². The van der Waals surface area contributed by atoms with E-state index in [1.165, 1.54) is 32.7 Å². The molecule has 0 amide bonds. The summed E-state index contributed by atoms with van der Waals surface area (Å²) in [6, 6.07) is 30.2. The van der Waals surface area contributed by atoms with Gasteiger partial charge >= 0.3 is 0 Å². The van der Waals surface area contributed by atoms with Crippen LogP contribution < -0.4 is 0 Å². The Morgan fingerprint density at radius 2 is 1.40 bits per heavy atom. The Bertz CT molecular complexity index is 1060. The molecule has 0 spiro atoms. The van der Waals surface area contributed by atoms with Gasteiger partial charge in [0.15, 0.2) is 0 Å². The summed E-state index contributed by atoms with van der Waals surface area (Å²) < 4.78 is 0. The van der Waals surface area contributed by atoms with Crippen molar-refractivity contribution in [2.75, 3.05) is 0 Å². The van der Waals surface area contributed by atoms with Crippen molar-refractivity contribution in [2.45, 2.75) is 19.9 Å². The zero-order valence-electron chi connectivity index (χ0n) is 14.6. The molecule has 1 atom stereocenters. The molecule has 0 aliphatic rings. The van der Waals surface area contributed by atoms with Gasteiger partial charge in [-0.3, -0.25) is 4.99 Å². The van der Waals surface area contributed by atoms with E-state index in [0.29, 0.717) is 0 Å². The van der Waals surface area contributed by atoms with E-state index in [9.17, 15) is 0 Å². The summed E-state index contributed by atoms with van der Waals surface area (Å²) in [6.07, 6.45) is 0. The molecular formula is C24H21N. The molecule has 4 rings (SSSR count). The monoisotopic (exact) mass is 323 g/mol. The van der Waals surface area contributed by atoms with Crippen molar-refractivity contribution in [1.82, 2.24) is 0 Å². The van der Waals surface area contributed by atoms with Crippen LogP contribution in [0.4, 0.5) is 0 Å². The minimum absolute atomic E-state index is 0.161. The smallest absolute Gasteiger partial charge is 0.0724 e. The van der Waals surface area contributed by atoms with E-state index in [4.69, 9.17) is 4.99 Å². The van der Waals surface area contributed by atoms with Gasteiger partial charge in [-0.25, -0.2) is 0 Å². The third-order valence-electron chi connectivity index (χ3n) is 4.83. The fraction of sp³-hybridized carbons (Fsp3) is 0.125. The summed E-state index contributed by atoms with van der Waals surface area (Å²) in [6.45, 7) is 4.25. The lowest BCUT2D eigenvalue weighted by Crippen LogP contribution is -1.99. The summed E-state index contributed by atoms with van der Waals surface area (Å²) in [5, 5.41) is 5.15. The molecule has 1 heteroatoms. The fourth-order valence-electron chi connectivity index (χ4n) is 3.41. The van der Waals surface area contributed by atoms with Crippen LogP contribution in [0.25, 0.3) is 21.5 Å². The molecule has 0 radical (unpaired) electrons. The summed E-state index contributed by atoms with van der Waals surface area (Å²) in [5.41, 5.74) is 3.51. The van der Waals surface area contributed by atoms with Crippen LogP contribution in [0.15, 0.2) is 89.9 Å². The molecule has 0 heterocycles. The maximum Gasteiger partial charge on any atom is 0.0724 e. The van der Waals surface area contributed by atoms with Crippen molar-refractivity contribution < 1.29 is 0 Å². The Hall–Kier alpha value is -2.93. The summed E-state index contributed by atoms with van der Waals surface area (Å²) >= 11 is 0. The molecule has 0 N–H and O–H groups in total. The standard InChI is InChI=1S/C24H21N/c1-17(19-8-4-3-5-9-19)25-18(2)21-14-15-24-22(16-21)13-12-20-10-6-7-11-23(20)24/h3-17H,1-2H3/t17-/m1/s1. The molecule has 0 aromatic heterocycles. The Kier molecular flexibility index (Phi) is 4.07. The number of benzene rings is 4. The second-order valence-corrected chi connectivity index (χ2v) is 6.52. The van der Waals surface area contributed by atoms with Crippen LogP contribution in [0.5, 0.6) is 0 Å². The minimum atomic E-state index is 0.161. The Balaban J connectivity index is 1.74. The zero-order valence-corrected chi connectivity index (χ0v) is 14.6. The van der Waals surface area contributed by atoms with Gasteiger partial charge in [0.25, 0.3) is 0 Å². The van der Waals surface area contributed by atoms with Crippen molar-refractivity contribution in [1.29, 1.82) is 0 Å². The number of hydrogen-bond acceptors (Lipinski definition) is 1. The third-order valence-corrected chi connectivity index (χ3v) is 4.83. The number of rotatable bonds is 3. The molecule has 4 aromatic rings. The van der Waals surface area contributed by atoms with Gasteiger partial charge in [0.2, 0.25) is 0 Å². The molecular weight excluding hydrogens is 302 g/mol. The third kappa shape index (κ3) is 3.06. The van der Waals surface area contributed by atoms with Crippen molar-refractivity contribution in [3.05, 3.63) is 96.1 Å². The molecule has 0 fully saturated rings. The first kappa shape index (κ1) is 15.6. The van der Waals surface area contributed by atoms with E-state index in [1.807, 2.05) is 6.07 Å². The molecule has 25 heavy (non-hydrogen) atoms. The highest BCUT2D eigenvalue weighted by molar-refractivity contribution is 6.10. The van der Waals surface area contributed by atoms with Crippen LogP contribution in [-0.4, -0.2) is 5.71 Å². The van der Waals surface area contributed by atoms with Gasteiger partial charge in [0, 0.05) is 5.71 Å². The number of aliphatic imine (C=N–C) groups is 1. The lowest BCUT2D eigenvalue weighted by Gasteiger charge is -2.10. The molecule has 0 aliphatic heterocycles. The van der Waals surface area contributed by atoms with Crippen molar-refractivity contribution in [3.63, 3.8) is 0 Å². The van der Waals surface area contributed by atoms with Crippen LogP contribution in [-0.2, 0) is 0 Å². The fourth-order valence-corrected chi connectivity index (χ4v) is 3.41. The van der Waals surface area contributed by atoms with E-state index in [1.54, 1.807) is 0 Å². The average Bonchev–Trinajstić information content (AvgIpc) is 2.68. The van der Waals surface area contributed by atoms with Crippen molar-refractivity contribution in [2.24, 2.45) is 4.99 Å². The highest BCUT2D eigenvalue weighted by atomic mass is 14.8. The van der Waals surface area contributed by atoms with Gasteiger partial charge in [-0.15, -0.1) is 0 Å². The molecule has 122 valence electrons. The topological polar surface area (TPSA) is 12.4 Å². The van der Waals surface area contributed by atoms with E-state index in [0.717, 1.165) is 5.71 Å². The highest BCUT2D eigenvalue weighted by Crippen LogP contribution is 2.26. The van der Waals surface area contributed by atoms with Gasteiger partial charge < -0.3 is 0 Å². The number of fused-ring (bicyclic) bond motifs is 3. The largest absolute Gasteiger partial charge is 0.282 e. The summed E-state index contributed by atoms with van der Waals surface area (Å²) in [5.74, 6) is 0. The Labute approximate surface area is 148 Å². The zero-order chi connectivity index (χ0) is 17.2. The molecule has 0 saturated heterocycles. The first-order valence-corrected chi connectivity index (χ1v) is 8.73. The molecule has 0 saturated carbocycles. The van der Waals surface area contributed by atoms with E-state index in [2.05, 4.69) is 92.7 Å². The molecule has 0 unspecified atom stereocenters. The van der Waals surface area contributed by atoms with Crippen LogP contribution in [0.2, 0.25) is 0 Å². The molecule has 1 nitrogen and oxygen atoms in total. The van der Waals surface area contributed by atoms with E-state index in [-0.39, 0.29) is 6.04 Å². The van der Waals surface area contributed by atoms with Crippen LogP contribution in [0.3, 0.4) is 0 Å². The van der Waals surface area contributed by atoms with Gasteiger partial charge in [-0.2, -0.15) is 0 Å².